The van der Waals surface area contributed by atoms with E-state index in [1.165, 1.54) is 12.1 Å². The molecule has 1 heterocycles. The molecule has 1 aliphatic heterocycles. The van der Waals surface area contributed by atoms with Crippen LogP contribution in [-0.2, 0) is 4.74 Å². The number of amides is 1. The summed E-state index contributed by atoms with van der Waals surface area (Å²) < 4.78 is 25.2. The maximum absolute atomic E-state index is 13.7. The van der Waals surface area contributed by atoms with E-state index in [0.717, 1.165) is 18.6 Å². The Morgan fingerprint density at radius 2 is 1.68 bits per heavy atom. The van der Waals surface area contributed by atoms with E-state index in [4.69, 9.17) is 9.47 Å². The largest absolute Gasteiger partial charge is 0.491 e. The fraction of sp³-hybridized carbons (Fsp3) is 0.350. The van der Waals surface area contributed by atoms with Gasteiger partial charge in [0, 0.05) is 13.1 Å². The lowest BCUT2D eigenvalue weighted by Gasteiger charge is -2.32. The summed E-state index contributed by atoms with van der Waals surface area (Å²) in [6.07, 6.45) is 1.63. The standard InChI is InChI=1S/C20H22FNO3/c21-19-9-5-4-8-18(19)20(23)22-12-10-17(11-13-22)25-15-14-24-16-6-2-1-3-7-16/h1-9,17H,10-15H2. The summed E-state index contributed by atoms with van der Waals surface area (Å²) in [6.45, 7) is 2.17. The van der Waals surface area contributed by atoms with E-state index in [-0.39, 0.29) is 17.6 Å². The van der Waals surface area contributed by atoms with Crippen molar-refractivity contribution in [1.82, 2.24) is 4.90 Å². The Bertz CT molecular complexity index is 684. The minimum atomic E-state index is -0.469. The first kappa shape index (κ1) is 17.4. The highest BCUT2D eigenvalue weighted by atomic mass is 19.1. The van der Waals surface area contributed by atoms with Crippen LogP contribution in [0.25, 0.3) is 0 Å². The first-order chi connectivity index (χ1) is 12.2. The molecule has 0 unspecified atom stereocenters. The predicted molar refractivity (Wildman–Crippen MR) is 93.2 cm³/mol. The number of piperidine rings is 1. The molecule has 0 spiro atoms. The van der Waals surface area contributed by atoms with Crippen LogP contribution in [0.15, 0.2) is 54.6 Å². The number of halogens is 1. The van der Waals surface area contributed by atoms with Gasteiger partial charge in [-0.05, 0) is 37.1 Å². The predicted octanol–water partition coefficient (Wildman–Crippen LogP) is 3.53. The van der Waals surface area contributed by atoms with E-state index in [0.29, 0.717) is 26.3 Å². The molecule has 2 aromatic rings. The first-order valence-corrected chi connectivity index (χ1v) is 8.57. The molecule has 1 amide bonds. The topological polar surface area (TPSA) is 38.8 Å². The number of rotatable bonds is 6. The number of carbonyl (C=O) groups excluding carboxylic acids is 1. The van der Waals surface area contributed by atoms with Crippen molar-refractivity contribution in [1.29, 1.82) is 0 Å². The van der Waals surface area contributed by atoms with Gasteiger partial charge in [0.1, 0.15) is 18.2 Å². The van der Waals surface area contributed by atoms with Gasteiger partial charge in [0.2, 0.25) is 0 Å². The van der Waals surface area contributed by atoms with Gasteiger partial charge in [-0.2, -0.15) is 0 Å². The van der Waals surface area contributed by atoms with E-state index in [2.05, 4.69) is 0 Å². The SMILES string of the molecule is O=C(c1ccccc1F)N1CCC(OCCOc2ccccc2)CC1. The summed E-state index contributed by atoms with van der Waals surface area (Å²) >= 11 is 0. The van der Waals surface area contributed by atoms with Gasteiger partial charge in [-0.25, -0.2) is 4.39 Å². The fourth-order valence-corrected chi connectivity index (χ4v) is 2.92. The van der Waals surface area contributed by atoms with Crippen molar-refractivity contribution in [2.24, 2.45) is 0 Å². The van der Waals surface area contributed by atoms with Crippen molar-refractivity contribution < 1.29 is 18.7 Å². The molecule has 5 heteroatoms. The minimum absolute atomic E-state index is 0.115. The van der Waals surface area contributed by atoms with Crippen LogP contribution in [0.4, 0.5) is 4.39 Å². The van der Waals surface area contributed by atoms with Gasteiger partial charge in [-0.3, -0.25) is 4.79 Å². The third-order valence-electron chi connectivity index (χ3n) is 4.28. The molecule has 0 aromatic heterocycles. The third kappa shape index (κ3) is 4.79. The van der Waals surface area contributed by atoms with Crippen LogP contribution < -0.4 is 4.74 Å². The van der Waals surface area contributed by atoms with Gasteiger partial charge < -0.3 is 14.4 Å². The molecule has 0 radical (unpaired) electrons. The summed E-state index contributed by atoms with van der Waals surface area (Å²) in [5.41, 5.74) is 0.137. The summed E-state index contributed by atoms with van der Waals surface area (Å²) in [5, 5.41) is 0. The molecular formula is C20H22FNO3. The second kappa shape index (κ2) is 8.62. The Morgan fingerprint density at radius 1 is 1.00 bits per heavy atom. The van der Waals surface area contributed by atoms with Crippen LogP contribution >= 0.6 is 0 Å². The van der Waals surface area contributed by atoms with Crippen LogP contribution in [0, 0.1) is 5.82 Å². The quantitative estimate of drug-likeness (QED) is 0.753. The van der Waals surface area contributed by atoms with E-state index in [9.17, 15) is 9.18 Å². The number of hydrogen-bond acceptors (Lipinski definition) is 3. The second-order valence-electron chi connectivity index (χ2n) is 6.00. The zero-order chi connectivity index (χ0) is 17.5. The van der Waals surface area contributed by atoms with Gasteiger partial charge in [0.25, 0.3) is 5.91 Å². The molecule has 4 nitrogen and oxygen atoms in total. The highest BCUT2D eigenvalue weighted by molar-refractivity contribution is 5.94. The molecule has 1 fully saturated rings. The monoisotopic (exact) mass is 343 g/mol. The van der Waals surface area contributed by atoms with Gasteiger partial charge >= 0.3 is 0 Å². The molecule has 0 bridgehead atoms. The van der Waals surface area contributed by atoms with Crippen molar-refractivity contribution in [3.63, 3.8) is 0 Å². The van der Waals surface area contributed by atoms with E-state index >= 15 is 0 Å². The number of likely N-dealkylation sites (tertiary alicyclic amines) is 1. The molecule has 0 N–H and O–H groups in total. The molecule has 0 aliphatic carbocycles. The Labute approximate surface area is 147 Å². The van der Waals surface area contributed by atoms with Crippen molar-refractivity contribution in [3.8, 4) is 5.75 Å². The van der Waals surface area contributed by atoms with Crippen LogP contribution in [0.2, 0.25) is 0 Å². The van der Waals surface area contributed by atoms with Gasteiger partial charge in [0.05, 0.1) is 18.3 Å². The van der Waals surface area contributed by atoms with E-state index in [1.807, 2.05) is 30.3 Å². The zero-order valence-electron chi connectivity index (χ0n) is 14.1. The summed E-state index contributed by atoms with van der Waals surface area (Å²) in [6, 6.07) is 15.7. The molecule has 25 heavy (non-hydrogen) atoms. The Morgan fingerprint density at radius 3 is 2.40 bits per heavy atom. The molecule has 1 saturated heterocycles. The van der Waals surface area contributed by atoms with Crippen molar-refractivity contribution in [2.45, 2.75) is 18.9 Å². The number of hydrogen-bond donors (Lipinski definition) is 0. The highest BCUT2D eigenvalue weighted by Gasteiger charge is 2.25. The molecule has 0 atom stereocenters. The average Bonchev–Trinajstić information content (AvgIpc) is 2.66. The first-order valence-electron chi connectivity index (χ1n) is 8.57. The minimum Gasteiger partial charge on any atom is -0.491 e. The van der Waals surface area contributed by atoms with Gasteiger partial charge in [0.15, 0.2) is 0 Å². The lowest BCUT2D eigenvalue weighted by Crippen LogP contribution is -2.41. The van der Waals surface area contributed by atoms with Crippen LogP contribution in [0.1, 0.15) is 23.2 Å². The number of benzene rings is 2. The van der Waals surface area contributed by atoms with E-state index in [1.54, 1.807) is 17.0 Å². The van der Waals surface area contributed by atoms with Crippen molar-refractivity contribution >= 4 is 5.91 Å². The van der Waals surface area contributed by atoms with Crippen molar-refractivity contribution in [2.75, 3.05) is 26.3 Å². The number of carbonyl (C=O) groups is 1. The normalized spacial score (nSPS) is 15.2. The molecular weight excluding hydrogens is 321 g/mol. The molecule has 1 aliphatic rings. The second-order valence-corrected chi connectivity index (χ2v) is 6.00. The van der Waals surface area contributed by atoms with Gasteiger partial charge in [-0.1, -0.05) is 30.3 Å². The van der Waals surface area contributed by atoms with Crippen LogP contribution in [0.5, 0.6) is 5.75 Å². The Balaban J connectivity index is 1.38. The molecule has 3 rings (SSSR count). The fourth-order valence-electron chi connectivity index (χ4n) is 2.92. The summed E-state index contributed by atoms with van der Waals surface area (Å²) in [7, 11) is 0. The average molecular weight is 343 g/mol. The lowest BCUT2D eigenvalue weighted by molar-refractivity contribution is -0.00246. The summed E-state index contributed by atoms with van der Waals surface area (Å²) in [5.74, 6) is 0.115. The number of ether oxygens (including phenoxy) is 2. The molecule has 0 saturated carbocycles. The third-order valence-corrected chi connectivity index (χ3v) is 4.28. The maximum Gasteiger partial charge on any atom is 0.256 e. The van der Waals surface area contributed by atoms with Gasteiger partial charge in [-0.15, -0.1) is 0 Å². The number of nitrogens with zero attached hydrogens (tertiary/aromatic N) is 1. The lowest BCUT2D eigenvalue weighted by atomic mass is 10.1. The molecule has 2 aromatic carbocycles. The smallest absolute Gasteiger partial charge is 0.256 e. The van der Waals surface area contributed by atoms with Crippen LogP contribution in [-0.4, -0.2) is 43.2 Å². The van der Waals surface area contributed by atoms with E-state index < -0.39 is 5.82 Å². The Kier molecular flexibility index (Phi) is 6.01. The zero-order valence-corrected chi connectivity index (χ0v) is 14.1. The van der Waals surface area contributed by atoms with Crippen molar-refractivity contribution in [3.05, 3.63) is 66.0 Å². The number of para-hydroxylation sites is 1. The summed E-state index contributed by atoms with van der Waals surface area (Å²) in [4.78, 5) is 14.1. The molecule has 132 valence electrons. The maximum atomic E-state index is 13.7. The highest BCUT2D eigenvalue weighted by Crippen LogP contribution is 2.18. The van der Waals surface area contributed by atoms with Crippen LogP contribution in [0.3, 0.4) is 0 Å². The Hall–Kier alpha value is -2.40.